The van der Waals surface area contributed by atoms with Crippen molar-refractivity contribution in [2.45, 2.75) is 51.7 Å². The van der Waals surface area contributed by atoms with Crippen LogP contribution in [-0.4, -0.2) is 47.0 Å². The molecule has 1 aromatic heterocycles. The van der Waals surface area contributed by atoms with Crippen molar-refractivity contribution in [1.82, 2.24) is 14.7 Å². The highest BCUT2D eigenvalue weighted by Gasteiger charge is 2.33. The number of nitrogens with zero attached hydrogens (tertiary/aromatic N) is 3. The van der Waals surface area contributed by atoms with Crippen LogP contribution in [0.25, 0.3) is 5.69 Å². The molecule has 1 saturated carbocycles. The Morgan fingerprint density at radius 3 is 2.57 bits per heavy atom. The summed E-state index contributed by atoms with van der Waals surface area (Å²) in [5, 5.41) is 4.83. The molecule has 2 aromatic carbocycles. The van der Waals surface area contributed by atoms with Crippen LogP contribution in [0, 0.1) is 12.8 Å². The molecular weight excluding hydrogens is 442 g/mol. The molecule has 1 saturated heterocycles. The molecule has 1 amide bonds. The summed E-state index contributed by atoms with van der Waals surface area (Å²) in [6.45, 7) is 3.79. The molecule has 0 N–H and O–H groups in total. The number of benzene rings is 2. The number of methoxy groups -OCH3 is 1. The van der Waals surface area contributed by atoms with Crippen LogP contribution in [0.3, 0.4) is 0 Å². The standard InChI is InChI=1S/C28H33N3O4/c1-20-26(19-30(18-25-15-8-16-34-25)27(32)21-9-6-10-21)28(31(29-20)22-11-4-3-5-12-22)35-24-14-7-13-23(17-24)33-2/h3-5,7,11-14,17,21,25H,6,8-10,15-16,18-19H2,1-2H3/t25-/m1/s1. The molecule has 0 unspecified atom stereocenters. The van der Waals surface area contributed by atoms with Crippen molar-refractivity contribution in [3.8, 4) is 23.1 Å². The Hall–Kier alpha value is -3.32. The van der Waals surface area contributed by atoms with E-state index < -0.39 is 0 Å². The SMILES string of the molecule is COc1cccc(Oc2c(CN(C[C@H]3CCCO3)C(=O)C3CCC3)c(C)nn2-c2ccccc2)c1. The summed E-state index contributed by atoms with van der Waals surface area (Å²) >= 11 is 0. The van der Waals surface area contributed by atoms with Gasteiger partial charge in [-0.2, -0.15) is 5.10 Å². The summed E-state index contributed by atoms with van der Waals surface area (Å²) in [5.74, 6) is 2.31. The molecule has 184 valence electrons. The Bertz CT molecular complexity index is 1150. The number of rotatable bonds is 9. The molecule has 2 aliphatic rings. The largest absolute Gasteiger partial charge is 0.497 e. The average molecular weight is 476 g/mol. The first-order chi connectivity index (χ1) is 17.1. The first-order valence-corrected chi connectivity index (χ1v) is 12.5. The highest BCUT2D eigenvalue weighted by molar-refractivity contribution is 5.79. The van der Waals surface area contributed by atoms with Gasteiger partial charge in [0.15, 0.2) is 0 Å². The number of carbonyl (C=O) groups is 1. The minimum absolute atomic E-state index is 0.0891. The molecule has 0 bridgehead atoms. The highest BCUT2D eigenvalue weighted by Crippen LogP contribution is 2.35. The Morgan fingerprint density at radius 2 is 1.89 bits per heavy atom. The van der Waals surface area contributed by atoms with Crippen LogP contribution in [0.1, 0.15) is 43.4 Å². The summed E-state index contributed by atoms with van der Waals surface area (Å²) < 4.78 is 19.6. The monoisotopic (exact) mass is 475 g/mol. The second kappa shape index (κ2) is 10.5. The number of amides is 1. The Morgan fingerprint density at radius 1 is 1.09 bits per heavy atom. The van der Waals surface area contributed by atoms with E-state index >= 15 is 0 Å². The average Bonchev–Trinajstić information content (AvgIpc) is 3.47. The smallest absolute Gasteiger partial charge is 0.227 e. The number of ether oxygens (including phenoxy) is 3. The summed E-state index contributed by atoms with van der Waals surface area (Å²) in [5.41, 5.74) is 2.64. The third kappa shape index (κ3) is 5.20. The lowest BCUT2D eigenvalue weighted by Crippen LogP contribution is -2.42. The Balaban J connectivity index is 1.51. The maximum Gasteiger partial charge on any atom is 0.227 e. The molecule has 1 aliphatic carbocycles. The topological polar surface area (TPSA) is 65.8 Å². The van der Waals surface area contributed by atoms with Crippen molar-refractivity contribution in [3.05, 3.63) is 65.9 Å². The van der Waals surface area contributed by atoms with Crippen molar-refractivity contribution >= 4 is 5.91 Å². The van der Waals surface area contributed by atoms with Gasteiger partial charge >= 0.3 is 0 Å². The van der Waals surface area contributed by atoms with Gasteiger partial charge in [-0.15, -0.1) is 0 Å². The summed E-state index contributed by atoms with van der Waals surface area (Å²) in [6, 6.07) is 17.5. The van der Waals surface area contributed by atoms with Crippen molar-refractivity contribution in [2.75, 3.05) is 20.3 Å². The van der Waals surface area contributed by atoms with Crippen LogP contribution in [0.5, 0.6) is 17.4 Å². The van der Waals surface area contributed by atoms with E-state index in [4.69, 9.17) is 19.3 Å². The van der Waals surface area contributed by atoms with Crippen LogP contribution in [0.4, 0.5) is 0 Å². The lowest BCUT2D eigenvalue weighted by atomic mass is 9.84. The molecule has 7 heteroatoms. The zero-order valence-electron chi connectivity index (χ0n) is 20.5. The first kappa shape index (κ1) is 23.4. The fourth-order valence-electron chi connectivity index (χ4n) is 4.72. The zero-order valence-corrected chi connectivity index (χ0v) is 20.5. The number of hydrogen-bond acceptors (Lipinski definition) is 5. The minimum Gasteiger partial charge on any atom is -0.497 e. The number of carbonyl (C=O) groups excluding carboxylic acids is 1. The van der Waals surface area contributed by atoms with Crippen LogP contribution in [-0.2, 0) is 16.1 Å². The molecule has 0 spiro atoms. The van der Waals surface area contributed by atoms with Gasteiger partial charge in [-0.05, 0) is 56.9 Å². The normalized spacial score (nSPS) is 17.7. The Labute approximate surface area is 206 Å². The van der Waals surface area contributed by atoms with Crippen LogP contribution < -0.4 is 9.47 Å². The van der Waals surface area contributed by atoms with E-state index in [-0.39, 0.29) is 17.9 Å². The lowest BCUT2D eigenvalue weighted by Gasteiger charge is -2.33. The molecule has 0 radical (unpaired) electrons. The van der Waals surface area contributed by atoms with E-state index in [0.29, 0.717) is 30.5 Å². The molecule has 2 fully saturated rings. The fourth-order valence-corrected chi connectivity index (χ4v) is 4.72. The minimum atomic E-state index is 0.0891. The molecule has 7 nitrogen and oxygen atoms in total. The third-order valence-electron chi connectivity index (χ3n) is 6.96. The predicted molar refractivity (Wildman–Crippen MR) is 133 cm³/mol. The maximum absolute atomic E-state index is 13.4. The predicted octanol–water partition coefficient (Wildman–Crippen LogP) is 5.29. The lowest BCUT2D eigenvalue weighted by molar-refractivity contribution is -0.140. The van der Waals surface area contributed by atoms with E-state index in [1.54, 1.807) is 7.11 Å². The third-order valence-corrected chi connectivity index (χ3v) is 6.96. The number of para-hydroxylation sites is 1. The molecule has 35 heavy (non-hydrogen) atoms. The van der Waals surface area contributed by atoms with Gasteiger partial charge in [0.2, 0.25) is 11.8 Å². The number of hydrogen-bond donors (Lipinski definition) is 0. The van der Waals surface area contributed by atoms with E-state index in [1.165, 1.54) is 0 Å². The van der Waals surface area contributed by atoms with Crippen molar-refractivity contribution < 1.29 is 19.0 Å². The van der Waals surface area contributed by atoms with Crippen molar-refractivity contribution in [2.24, 2.45) is 5.92 Å². The van der Waals surface area contributed by atoms with Gasteiger partial charge in [0.25, 0.3) is 0 Å². The van der Waals surface area contributed by atoms with Gasteiger partial charge in [-0.25, -0.2) is 4.68 Å². The Kier molecular flexibility index (Phi) is 7.04. The number of aryl methyl sites for hydroxylation is 1. The second-order valence-electron chi connectivity index (χ2n) is 9.38. The zero-order chi connectivity index (χ0) is 24.2. The van der Waals surface area contributed by atoms with E-state index in [9.17, 15) is 4.79 Å². The molecule has 5 rings (SSSR count). The summed E-state index contributed by atoms with van der Waals surface area (Å²) in [6.07, 6.45) is 5.19. The molecular formula is C28H33N3O4. The van der Waals surface area contributed by atoms with Crippen molar-refractivity contribution in [1.29, 1.82) is 0 Å². The molecule has 2 heterocycles. The molecule has 1 atom stereocenters. The van der Waals surface area contributed by atoms with E-state index in [1.807, 2.05) is 71.1 Å². The van der Waals surface area contributed by atoms with Crippen LogP contribution in [0.15, 0.2) is 54.6 Å². The highest BCUT2D eigenvalue weighted by atomic mass is 16.5. The van der Waals surface area contributed by atoms with Crippen molar-refractivity contribution in [3.63, 3.8) is 0 Å². The van der Waals surface area contributed by atoms with E-state index in [0.717, 1.165) is 55.7 Å². The van der Waals surface area contributed by atoms with Gasteiger partial charge in [0, 0.05) is 25.1 Å². The van der Waals surface area contributed by atoms with Gasteiger partial charge in [0.1, 0.15) is 11.5 Å². The first-order valence-electron chi connectivity index (χ1n) is 12.5. The van der Waals surface area contributed by atoms with Crippen LogP contribution >= 0.6 is 0 Å². The molecule has 3 aromatic rings. The van der Waals surface area contributed by atoms with Gasteiger partial charge in [0.05, 0.1) is 36.7 Å². The second-order valence-corrected chi connectivity index (χ2v) is 9.38. The number of aromatic nitrogens is 2. The maximum atomic E-state index is 13.4. The fraction of sp³-hybridized carbons (Fsp3) is 0.429. The summed E-state index contributed by atoms with van der Waals surface area (Å²) in [4.78, 5) is 15.4. The quantitative estimate of drug-likeness (QED) is 0.421. The van der Waals surface area contributed by atoms with Crippen LogP contribution in [0.2, 0.25) is 0 Å². The van der Waals surface area contributed by atoms with Gasteiger partial charge in [-0.3, -0.25) is 4.79 Å². The van der Waals surface area contributed by atoms with Gasteiger partial charge in [-0.1, -0.05) is 30.7 Å². The van der Waals surface area contributed by atoms with Gasteiger partial charge < -0.3 is 19.1 Å². The summed E-state index contributed by atoms with van der Waals surface area (Å²) in [7, 11) is 1.64. The van der Waals surface area contributed by atoms with E-state index in [2.05, 4.69) is 0 Å². The molecule has 1 aliphatic heterocycles.